The Labute approximate surface area is 89.0 Å². The minimum atomic E-state index is -0.238. The zero-order chi connectivity index (χ0) is 10.9. The number of anilines is 1. The molecule has 4 nitrogen and oxygen atoms in total. The van der Waals surface area contributed by atoms with Gasteiger partial charge < -0.3 is 10.1 Å². The Morgan fingerprint density at radius 3 is 3.13 bits per heavy atom. The fourth-order valence-corrected chi connectivity index (χ4v) is 0.984. The molecular formula is C11H14N2O2. The Bertz CT molecular complexity index is 312. The fourth-order valence-electron chi connectivity index (χ4n) is 0.984. The zero-order valence-corrected chi connectivity index (χ0v) is 8.48. The summed E-state index contributed by atoms with van der Waals surface area (Å²) in [5.41, 5.74) is 0. The second kappa shape index (κ2) is 6.59. The quantitative estimate of drug-likeness (QED) is 0.567. The minimum absolute atomic E-state index is 0.238. The van der Waals surface area contributed by atoms with Crippen molar-refractivity contribution in [1.29, 1.82) is 0 Å². The van der Waals surface area contributed by atoms with Gasteiger partial charge in [-0.1, -0.05) is 18.7 Å². The lowest BCUT2D eigenvalue weighted by Crippen LogP contribution is -2.11. The van der Waals surface area contributed by atoms with Gasteiger partial charge in [-0.3, -0.25) is 4.79 Å². The first-order valence-electron chi connectivity index (χ1n) is 4.74. The van der Waals surface area contributed by atoms with Gasteiger partial charge in [-0.15, -0.1) is 0 Å². The fraction of sp³-hybridized carbons (Fsp3) is 0.273. The van der Waals surface area contributed by atoms with Gasteiger partial charge in [0.15, 0.2) is 0 Å². The highest BCUT2D eigenvalue weighted by Gasteiger charge is 2.00. The third kappa shape index (κ3) is 4.81. The summed E-state index contributed by atoms with van der Waals surface area (Å²) in [5, 5.41) is 3.01. The van der Waals surface area contributed by atoms with Crippen molar-refractivity contribution >= 4 is 11.8 Å². The maximum atomic E-state index is 11.1. The van der Waals surface area contributed by atoms with Crippen LogP contribution in [0.15, 0.2) is 37.1 Å². The molecule has 0 bridgehead atoms. The van der Waals surface area contributed by atoms with E-state index in [9.17, 15) is 4.79 Å². The topological polar surface area (TPSA) is 51.2 Å². The molecule has 1 aromatic heterocycles. The first-order valence-corrected chi connectivity index (χ1v) is 4.74. The van der Waals surface area contributed by atoms with Crippen molar-refractivity contribution in [3.63, 3.8) is 0 Å². The van der Waals surface area contributed by atoms with Gasteiger partial charge in [0.2, 0.25) is 0 Å². The van der Waals surface area contributed by atoms with Gasteiger partial charge in [0.1, 0.15) is 12.4 Å². The first kappa shape index (κ1) is 11.2. The van der Waals surface area contributed by atoms with Crippen molar-refractivity contribution in [3.05, 3.63) is 37.1 Å². The molecular weight excluding hydrogens is 192 g/mol. The van der Waals surface area contributed by atoms with Gasteiger partial charge in [0.05, 0.1) is 6.42 Å². The third-order valence-corrected chi connectivity index (χ3v) is 1.66. The zero-order valence-electron chi connectivity index (χ0n) is 8.48. The molecule has 15 heavy (non-hydrogen) atoms. The summed E-state index contributed by atoms with van der Waals surface area (Å²) in [6.45, 7) is 4.24. The normalized spacial score (nSPS) is 9.33. The van der Waals surface area contributed by atoms with E-state index in [-0.39, 0.29) is 12.6 Å². The van der Waals surface area contributed by atoms with Gasteiger partial charge in [-0.05, 0) is 12.1 Å². The Hall–Kier alpha value is -1.84. The van der Waals surface area contributed by atoms with E-state index in [0.29, 0.717) is 13.0 Å². The summed E-state index contributed by atoms with van der Waals surface area (Å²) in [6, 6.07) is 5.56. The van der Waals surface area contributed by atoms with Crippen molar-refractivity contribution in [2.24, 2.45) is 0 Å². The molecule has 1 N–H and O–H groups in total. The lowest BCUT2D eigenvalue weighted by Gasteiger charge is -2.04. The number of rotatable bonds is 6. The number of aromatic nitrogens is 1. The predicted octanol–water partition coefficient (Wildman–Crippen LogP) is 1.61. The molecule has 0 amide bonds. The monoisotopic (exact) mass is 206 g/mol. The average molecular weight is 206 g/mol. The molecule has 0 aliphatic rings. The number of hydrogen-bond acceptors (Lipinski definition) is 4. The van der Waals surface area contributed by atoms with Crippen molar-refractivity contribution in [3.8, 4) is 0 Å². The van der Waals surface area contributed by atoms with Crippen molar-refractivity contribution in [2.75, 3.05) is 18.5 Å². The van der Waals surface area contributed by atoms with E-state index in [1.54, 1.807) is 12.3 Å². The smallest absolute Gasteiger partial charge is 0.307 e. The summed E-state index contributed by atoms with van der Waals surface area (Å²) < 4.78 is 4.81. The molecule has 0 aliphatic carbocycles. The molecule has 0 aliphatic heterocycles. The molecule has 80 valence electrons. The van der Waals surface area contributed by atoms with Crippen LogP contribution in [0.1, 0.15) is 6.42 Å². The second-order valence-corrected chi connectivity index (χ2v) is 2.86. The lowest BCUT2D eigenvalue weighted by atomic mass is 10.4. The Kier molecular flexibility index (Phi) is 4.94. The van der Waals surface area contributed by atoms with E-state index in [2.05, 4.69) is 16.9 Å². The van der Waals surface area contributed by atoms with E-state index < -0.39 is 0 Å². The molecule has 0 atom stereocenters. The van der Waals surface area contributed by atoms with E-state index in [1.165, 1.54) is 0 Å². The third-order valence-electron chi connectivity index (χ3n) is 1.66. The maximum absolute atomic E-state index is 11.1. The molecule has 0 unspecified atom stereocenters. The Balaban J connectivity index is 2.16. The van der Waals surface area contributed by atoms with E-state index in [4.69, 9.17) is 4.74 Å². The number of pyridine rings is 1. The molecule has 4 heteroatoms. The van der Waals surface area contributed by atoms with Gasteiger partial charge >= 0.3 is 5.97 Å². The van der Waals surface area contributed by atoms with Crippen LogP contribution in [0, 0.1) is 0 Å². The molecule has 1 heterocycles. The van der Waals surface area contributed by atoms with Crippen LogP contribution in [-0.2, 0) is 9.53 Å². The van der Waals surface area contributed by atoms with Crippen LogP contribution in [0.3, 0.4) is 0 Å². The number of carbonyl (C=O) groups is 1. The van der Waals surface area contributed by atoms with Gasteiger partial charge in [-0.2, -0.15) is 0 Å². The first-order chi connectivity index (χ1) is 7.33. The summed E-state index contributed by atoms with van der Waals surface area (Å²) in [5.74, 6) is 0.521. The van der Waals surface area contributed by atoms with Crippen LogP contribution in [-0.4, -0.2) is 24.1 Å². The van der Waals surface area contributed by atoms with Crippen LogP contribution in [0.4, 0.5) is 5.82 Å². The summed E-state index contributed by atoms with van der Waals surface area (Å²) in [6.07, 6.45) is 3.56. The number of nitrogens with zero attached hydrogens (tertiary/aromatic N) is 1. The molecule has 0 saturated heterocycles. The van der Waals surface area contributed by atoms with E-state index in [0.717, 1.165) is 5.82 Å². The number of nitrogens with one attached hydrogen (secondary N) is 1. The number of ether oxygens (including phenoxy) is 1. The van der Waals surface area contributed by atoms with Crippen molar-refractivity contribution < 1.29 is 9.53 Å². The molecule has 0 radical (unpaired) electrons. The molecule has 1 rings (SSSR count). The Morgan fingerprint density at radius 2 is 2.47 bits per heavy atom. The molecule has 1 aromatic rings. The predicted molar refractivity (Wildman–Crippen MR) is 58.5 cm³/mol. The van der Waals surface area contributed by atoms with E-state index >= 15 is 0 Å². The van der Waals surface area contributed by atoms with Crippen LogP contribution in [0.5, 0.6) is 0 Å². The van der Waals surface area contributed by atoms with Crippen LogP contribution >= 0.6 is 0 Å². The highest BCUT2D eigenvalue weighted by Crippen LogP contribution is 1.99. The largest absolute Gasteiger partial charge is 0.461 e. The highest BCUT2D eigenvalue weighted by molar-refractivity contribution is 5.70. The number of carbonyl (C=O) groups excluding carboxylic acids is 1. The second-order valence-electron chi connectivity index (χ2n) is 2.86. The summed E-state index contributed by atoms with van der Waals surface area (Å²) in [7, 11) is 0. The van der Waals surface area contributed by atoms with Gasteiger partial charge in [0.25, 0.3) is 0 Å². The van der Waals surface area contributed by atoms with Crippen LogP contribution < -0.4 is 5.32 Å². The molecule has 0 fully saturated rings. The summed E-state index contributed by atoms with van der Waals surface area (Å²) in [4.78, 5) is 15.1. The standard InChI is InChI=1S/C11H14N2O2/c1-2-9-15-11(14)6-8-13-10-5-3-4-7-12-10/h2-5,7H,1,6,8-9H2,(H,12,13). The van der Waals surface area contributed by atoms with Crippen molar-refractivity contribution in [2.45, 2.75) is 6.42 Å². The molecule has 0 saturated carbocycles. The minimum Gasteiger partial charge on any atom is -0.461 e. The van der Waals surface area contributed by atoms with Crippen molar-refractivity contribution in [1.82, 2.24) is 4.98 Å². The van der Waals surface area contributed by atoms with Gasteiger partial charge in [0, 0.05) is 12.7 Å². The molecule has 0 spiro atoms. The average Bonchev–Trinajstić information content (AvgIpc) is 2.28. The maximum Gasteiger partial charge on any atom is 0.307 e. The van der Waals surface area contributed by atoms with Crippen LogP contribution in [0.2, 0.25) is 0 Å². The SMILES string of the molecule is C=CCOC(=O)CCNc1ccccn1. The Morgan fingerprint density at radius 1 is 1.60 bits per heavy atom. The number of hydrogen-bond donors (Lipinski definition) is 1. The van der Waals surface area contributed by atoms with Crippen LogP contribution in [0.25, 0.3) is 0 Å². The lowest BCUT2D eigenvalue weighted by molar-refractivity contribution is -0.142. The molecule has 0 aromatic carbocycles. The van der Waals surface area contributed by atoms with Gasteiger partial charge in [-0.25, -0.2) is 4.98 Å². The van der Waals surface area contributed by atoms with E-state index in [1.807, 2.05) is 18.2 Å². The highest BCUT2D eigenvalue weighted by atomic mass is 16.5. The summed E-state index contributed by atoms with van der Waals surface area (Å²) >= 11 is 0. The number of esters is 1.